The maximum Gasteiger partial charge on any atom is 0.329 e. The van der Waals surface area contributed by atoms with E-state index < -0.39 is 35.1 Å². The number of anilines is 1. The second-order valence-corrected chi connectivity index (χ2v) is 5.49. The lowest BCUT2D eigenvalue weighted by Crippen LogP contribution is -2.21. The summed E-state index contributed by atoms with van der Waals surface area (Å²) in [5, 5.41) is 15.8. The van der Waals surface area contributed by atoms with E-state index in [0.29, 0.717) is 5.56 Å². The average molecular weight is 302 g/mol. The number of aryl methyl sites for hydroxylation is 1. The maximum absolute atomic E-state index is 11.4. The molecule has 8 nitrogen and oxygen atoms in total. The van der Waals surface area contributed by atoms with Crippen molar-refractivity contribution in [1.29, 1.82) is 0 Å². The van der Waals surface area contributed by atoms with Crippen LogP contribution in [-0.2, 0) is 24.3 Å². The van der Waals surface area contributed by atoms with Gasteiger partial charge in [0.25, 0.3) is 0 Å². The molecule has 0 aliphatic heterocycles. The van der Waals surface area contributed by atoms with Crippen molar-refractivity contribution in [2.24, 2.45) is 5.14 Å². The fourth-order valence-corrected chi connectivity index (χ4v) is 2.22. The minimum atomic E-state index is -3.88. The smallest absolute Gasteiger partial charge is 0.329 e. The highest BCUT2D eigenvalue weighted by molar-refractivity contribution is 7.89. The molecule has 0 spiro atoms. The van der Waals surface area contributed by atoms with Crippen molar-refractivity contribution in [3.8, 4) is 0 Å². The van der Waals surface area contributed by atoms with Crippen LogP contribution in [0.15, 0.2) is 23.1 Å². The van der Waals surface area contributed by atoms with Gasteiger partial charge in [0.15, 0.2) is 0 Å². The van der Waals surface area contributed by atoms with Gasteiger partial charge in [-0.3, -0.25) is 4.79 Å². The van der Waals surface area contributed by atoms with E-state index in [1.807, 2.05) is 0 Å². The number of rotatable bonds is 6. The normalized spacial score (nSPS) is 11.1. The highest BCUT2D eigenvalue weighted by Crippen LogP contribution is 2.18. The average Bonchev–Trinajstić information content (AvgIpc) is 2.29. The number of hydrogen-bond acceptors (Lipinski definition) is 5. The van der Waals surface area contributed by atoms with E-state index in [9.17, 15) is 18.0 Å². The summed E-state index contributed by atoms with van der Waals surface area (Å²) in [5.41, 5.74) is 0.677. The van der Waals surface area contributed by atoms with Crippen LogP contribution in [-0.4, -0.2) is 38.6 Å². The molecule has 20 heavy (non-hydrogen) atoms. The fraction of sp³-hybridized carbons (Fsp3) is 0.273. The van der Waals surface area contributed by atoms with Crippen LogP contribution in [0.1, 0.15) is 5.56 Å². The third-order valence-corrected chi connectivity index (χ3v) is 3.29. The van der Waals surface area contributed by atoms with Gasteiger partial charge in [0.1, 0.15) is 13.2 Å². The summed E-state index contributed by atoms with van der Waals surface area (Å²) in [4.78, 5) is 21.5. The van der Waals surface area contributed by atoms with Crippen LogP contribution in [0.5, 0.6) is 0 Å². The van der Waals surface area contributed by atoms with Crippen molar-refractivity contribution >= 4 is 27.6 Å². The second-order valence-electron chi connectivity index (χ2n) is 3.96. The first-order valence-corrected chi connectivity index (χ1v) is 6.97. The third-order valence-electron chi connectivity index (χ3n) is 2.24. The molecule has 0 bridgehead atoms. The number of amides is 1. The first-order chi connectivity index (χ1) is 9.20. The monoisotopic (exact) mass is 302 g/mol. The molecule has 0 saturated carbocycles. The molecule has 0 atom stereocenters. The Morgan fingerprint density at radius 2 is 2.00 bits per heavy atom. The number of carbonyl (C=O) groups is 2. The largest absolute Gasteiger partial charge is 0.480 e. The Labute approximate surface area is 115 Å². The molecule has 0 unspecified atom stereocenters. The lowest BCUT2D eigenvalue weighted by atomic mass is 10.2. The lowest BCUT2D eigenvalue weighted by molar-refractivity contribution is -0.143. The lowest BCUT2D eigenvalue weighted by Gasteiger charge is -2.08. The van der Waals surface area contributed by atoms with Crippen molar-refractivity contribution in [2.75, 3.05) is 18.5 Å². The molecule has 1 aromatic rings. The zero-order valence-corrected chi connectivity index (χ0v) is 11.4. The number of ether oxygens (including phenoxy) is 1. The Morgan fingerprint density at radius 3 is 2.55 bits per heavy atom. The maximum atomic E-state index is 11.4. The first kappa shape index (κ1) is 16.1. The topological polar surface area (TPSA) is 136 Å². The molecule has 0 aliphatic carbocycles. The van der Waals surface area contributed by atoms with Crippen molar-refractivity contribution < 1.29 is 27.9 Å². The van der Waals surface area contributed by atoms with Crippen molar-refractivity contribution in [3.05, 3.63) is 23.8 Å². The minimum Gasteiger partial charge on any atom is -0.480 e. The van der Waals surface area contributed by atoms with Crippen LogP contribution in [0.2, 0.25) is 0 Å². The Hall–Kier alpha value is -1.97. The van der Waals surface area contributed by atoms with Gasteiger partial charge in [-0.2, -0.15) is 0 Å². The van der Waals surface area contributed by atoms with Gasteiger partial charge >= 0.3 is 5.97 Å². The molecule has 0 fully saturated rings. The van der Waals surface area contributed by atoms with Crippen molar-refractivity contribution in [2.45, 2.75) is 11.8 Å². The number of carboxylic acids is 1. The molecule has 110 valence electrons. The summed E-state index contributed by atoms with van der Waals surface area (Å²) in [5.74, 6) is -1.79. The molecule has 0 aromatic heterocycles. The van der Waals surface area contributed by atoms with Crippen molar-refractivity contribution in [1.82, 2.24) is 0 Å². The van der Waals surface area contributed by atoms with Gasteiger partial charge in [-0.25, -0.2) is 18.4 Å². The van der Waals surface area contributed by atoms with E-state index in [0.717, 1.165) is 0 Å². The number of hydrogen-bond donors (Lipinski definition) is 3. The quantitative estimate of drug-likeness (QED) is 0.659. The molecule has 1 rings (SSSR count). The molecule has 9 heteroatoms. The third kappa shape index (κ3) is 4.96. The number of sulfonamides is 1. The Kier molecular flexibility index (Phi) is 5.19. The van der Waals surface area contributed by atoms with E-state index >= 15 is 0 Å². The van der Waals surface area contributed by atoms with Gasteiger partial charge in [-0.1, -0.05) is 6.07 Å². The predicted molar refractivity (Wildman–Crippen MR) is 69.6 cm³/mol. The summed E-state index contributed by atoms with van der Waals surface area (Å²) in [6, 6.07) is 4.21. The SMILES string of the molecule is Cc1ccc(NC(=O)COCC(=O)O)cc1S(N)(=O)=O. The number of benzene rings is 1. The van der Waals surface area contributed by atoms with Crippen LogP contribution in [0.3, 0.4) is 0 Å². The van der Waals surface area contributed by atoms with Crippen molar-refractivity contribution in [3.63, 3.8) is 0 Å². The van der Waals surface area contributed by atoms with Gasteiger partial charge in [0.2, 0.25) is 15.9 Å². The predicted octanol–water partition coefficient (Wildman–Crippen LogP) is -0.318. The standard InChI is InChI=1S/C11H14N2O6S/c1-7-2-3-8(4-9(7)20(12,17)18)13-10(14)5-19-6-11(15)16/h2-4H,5-6H2,1H3,(H,13,14)(H,15,16)(H2,12,17,18). The number of carbonyl (C=O) groups excluding carboxylic acids is 1. The molecule has 1 aromatic carbocycles. The minimum absolute atomic E-state index is 0.0956. The zero-order chi connectivity index (χ0) is 15.3. The van der Waals surface area contributed by atoms with Gasteiger partial charge in [-0.05, 0) is 24.6 Å². The van der Waals surface area contributed by atoms with Gasteiger partial charge in [0, 0.05) is 5.69 Å². The number of carboxylic acid groups (broad SMARTS) is 1. The highest BCUT2D eigenvalue weighted by Gasteiger charge is 2.13. The summed E-state index contributed by atoms with van der Waals surface area (Å²) < 4.78 is 27.2. The van der Waals surface area contributed by atoms with Gasteiger partial charge in [-0.15, -0.1) is 0 Å². The number of nitrogens with two attached hydrogens (primary N) is 1. The summed E-state index contributed by atoms with van der Waals surface area (Å²) in [6.07, 6.45) is 0. The Morgan fingerprint density at radius 1 is 1.35 bits per heavy atom. The van der Waals surface area contributed by atoms with E-state index in [4.69, 9.17) is 10.2 Å². The molecular formula is C11H14N2O6S. The molecule has 0 heterocycles. The Bertz CT molecular complexity index is 626. The van der Waals surface area contributed by atoms with Gasteiger partial charge < -0.3 is 15.2 Å². The summed E-state index contributed by atoms with van der Waals surface area (Å²) in [7, 11) is -3.88. The van der Waals surface area contributed by atoms with E-state index in [-0.39, 0.29) is 10.6 Å². The highest BCUT2D eigenvalue weighted by atomic mass is 32.2. The zero-order valence-electron chi connectivity index (χ0n) is 10.6. The number of aliphatic carboxylic acids is 1. The van der Waals surface area contributed by atoms with E-state index in [2.05, 4.69) is 10.1 Å². The Balaban J connectivity index is 2.74. The molecule has 1 amide bonds. The van der Waals surface area contributed by atoms with Crippen LogP contribution < -0.4 is 10.5 Å². The molecular weight excluding hydrogens is 288 g/mol. The summed E-state index contributed by atoms with van der Waals surface area (Å²) >= 11 is 0. The van der Waals surface area contributed by atoms with Crippen LogP contribution in [0, 0.1) is 6.92 Å². The van der Waals surface area contributed by atoms with E-state index in [1.54, 1.807) is 6.92 Å². The number of primary sulfonamides is 1. The first-order valence-electron chi connectivity index (χ1n) is 5.43. The summed E-state index contributed by atoms with van der Waals surface area (Å²) in [6.45, 7) is 0.524. The van der Waals surface area contributed by atoms with Crippen LogP contribution in [0.4, 0.5) is 5.69 Å². The molecule has 0 saturated heterocycles. The molecule has 4 N–H and O–H groups in total. The number of nitrogens with one attached hydrogen (secondary N) is 1. The fourth-order valence-electron chi connectivity index (χ4n) is 1.41. The molecule has 0 aliphatic rings. The molecule has 0 radical (unpaired) electrons. The van der Waals surface area contributed by atoms with Crippen LogP contribution in [0.25, 0.3) is 0 Å². The second kappa shape index (κ2) is 6.46. The van der Waals surface area contributed by atoms with E-state index in [1.165, 1.54) is 18.2 Å². The van der Waals surface area contributed by atoms with Gasteiger partial charge in [0.05, 0.1) is 4.90 Å². The van der Waals surface area contributed by atoms with Crippen LogP contribution >= 0.6 is 0 Å².